The maximum Gasteiger partial charge on any atom is 0.573 e. The van der Waals surface area contributed by atoms with E-state index in [9.17, 15) is 17.6 Å². The van der Waals surface area contributed by atoms with Gasteiger partial charge in [-0.1, -0.05) is 19.1 Å². The first kappa shape index (κ1) is 11.8. The Bertz CT molecular complexity index is 321. The van der Waals surface area contributed by atoms with Gasteiger partial charge >= 0.3 is 6.36 Å². The SMILES string of the molecule is CC(CF)c1cccc(OC(F)(F)F)c1. The van der Waals surface area contributed by atoms with E-state index in [0.717, 1.165) is 0 Å². The average Bonchev–Trinajstić information content (AvgIpc) is 2.14. The number of ether oxygens (including phenoxy) is 1. The Balaban J connectivity index is 2.83. The molecule has 0 fully saturated rings. The van der Waals surface area contributed by atoms with Crippen molar-refractivity contribution < 1.29 is 22.3 Å². The van der Waals surface area contributed by atoms with Crippen molar-refractivity contribution in [2.45, 2.75) is 19.2 Å². The largest absolute Gasteiger partial charge is 0.573 e. The topological polar surface area (TPSA) is 9.23 Å². The van der Waals surface area contributed by atoms with Gasteiger partial charge in [-0.25, -0.2) is 0 Å². The first-order valence-electron chi connectivity index (χ1n) is 4.34. The van der Waals surface area contributed by atoms with Crippen molar-refractivity contribution in [3.63, 3.8) is 0 Å². The van der Waals surface area contributed by atoms with Crippen LogP contribution in [0.5, 0.6) is 5.75 Å². The summed E-state index contributed by atoms with van der Waals surface area (Å²) in [6.45, 7) is 0.974. The molecular weight excluding hydrogens is 212 g/mol. The number of rotatable bonds is 3. The lowest BCUT2D eigenvalue weighted by atomic mass is 10.0. The van der Waals surface area contributed by atoms with Gasteiger partial charge in [-0.2, -0.15) is 0 Å². The van der Waals surface area contributed by atoms with E-state index in [2.05, 4.69) is 4.74 Å². The smallest absolute Gasteiger partial charge is 0.406 e. The third-order valence-electron chi connectivity index (χ3n) is 1.89. The Hall–Kier alpha value is -1.26. The number of hydrogen-bond acceptors (Lipinski definition) is 1. The van der Waals surface area contributed by atoms with Crippen LogP contribution in [0.3, 0.4) is 0 Å². The molecule has 0 bridgehead atoms. The van der Waals surface area contributed by atoms with Crippen LogP contribution in [-0.2, 0) is 0 Å². The summed E-state index contributed by atoms with van der Waals surface area (Å²) in [6.07, 6.45) is -4.71. The van der Waals surface area contributed by atoms with Crippen molar-refractivity contribution in [1.29, 1.82) is 0 Å². The minimum atomic E-state index is -4.71. The molecule has 0 saturated heterocycles. The van der Waals surface area contributed by atoms with Crippen LogP contribution in [0, 0.1) is 0 Å². The number of benzene rings is 1. The van der Waals surface area contributed by atoms with Gasteiger partial charge < -0.3 is 4.74 Å². The quantitative estimate of drug-likeness (QED) is 0.709. The van der Waals surface area contributed by atoms with Gasteiger partial charge in [-0.05, 0) is 17.7 Å². The van der Waals surface area contributed by atoms with Crippen molar-refractivity contribution in [3.05, 3.63) is 29.8 Å². The predicted molar refractivity (Wildman–Crippen MR) is 47.5 cm³/mol. The van der Waals surface area contributed by atoms with Gasteiger partial charge in [0.15, 0.2) is 0 Å². The molecule has 1 aromatic carbocycles. The van der Waals surface area contributed by atoms with Gasteiger partial charge in [0.05, 0.1) is 6.67 Å². The lowest BCUT2D eigenvalue weighted by Gasteiger charge is -2.11. The Kier molecular flexibility index (Phi) is 3.55. The van der Waals surface area contributed by atoms with Crippen molar-refractivity contribution in [1.82, 2.24) is 0 Å². The van der Waals surface area contributed by atoms with Gasteiger partial charge in [-0.3, -0.25) is 4.39 Å². The maximum absolute atomic E-state index is 12.3. The van der Waals surface area contributed by atoms with Crippen LogP contribution >= 0.6 is 0 Å². The molecule has 84 valence electrons. The summed E-state index contributed by atoms with van der Waals surface area (Å²) in [5, 5.41) is 0. The second kappa shape index (κ2) is 4.51. The minimum absolute atomic E-state index is 0.319. The molecule has 0 aliphatic heterocycles. The number of halogens is 4. The molecular formula is C10H10F4O. The van der Waals surface area contributed by atoms with Crippen LogP contribution in [0.4, 0.5) is 17.6 Å². The van der Waals surface area contributed by atoms with Gasteiger partial charge in [0.2, 0.25) is 0 Å². The van der Waals surface area contributed by atoms with Crippen LogP contribution in [0.1, 0.15) is 18.4 Å². The van der Waals surface area contributed by atoms with Gasteiger partial charge in [0.1, 0.15) is 5.75 Å². The Morgan fingerprint density at radius 2 is 2.00 bits per heavy atom. The molecule has 0 N–H and O–H groups in total. The van der Waals surface area contributed by atoms with E-state index in [1.165, 1.54) is 18.2 Å². The zero-order chi connectivity index (χ0) is 11.5. The zero-order valence-electron chi connectivity index (χ0n) is 8.01. The van der Waals surface area contributed by atoms with E-state index in [1.807, 2.05) is 0 Å². The summed E-state index contributed by atoms with van der Waals surface area (Å²) in [6, 6.07) is 5.34. The molecule has 0 aliphatic carbocycles. The molecule has 15 heavy (non-hydrogen) atoms. The highest BCUT2D eigenvalue weighted by atomic mass is 19.4. The van der Waals surface area contributed by atoms with Crippen LogP contribution in [0.15, 0.2) is 24.3 Å². The number of alkyl halides is 4. The van der Waals surface area contributed by atoms with E-state index < -0.39 is 19.0 Å². The zero-order valence-corrected chi connectivity index (χ0v) is 8.01. The summed E-state index contributed by atoms with van der Waals surface area (Å²) < 4.78 is 51.6. The highest BCUT2D eigenvalue weighted by molar-refractivity contribution is 5.30. The summed E-state index contributed by atoms with van der Waals surface area (Å²) in [4.78, 5) is 0. The van der Waals surface area contributed by atoms with Crippen LogP contribution < -0.4 is 4.74 Å². The summed E-state index contributed by atoms with van der Waals surface area (Å²) in [5.74, 6) is -0.748. The molecule has 0 spiro atoms. The summed E-state index contributed by atoms with van der Waals surface area (Å²) in [5.41, 5.74) is 0.485. The molecule has 1 nitrogen and oxygen atoms in total. The number of hydrogen-bond donors (Lipinski definition) is 0. The molecule has 0 amide bonds. The molecule has 1 aromatic rings. The maximum atomic E-state index is 12.3. The molecule has 5 heteroatoms. The van der Waals surface area contributed by atoms with Gasteiger partial charge in [0, 0.05) is 5.92 Å². The molecule has 1 unspecified atom stereocenters. The highest BCUT2D eigenvalue weighted by Crippen LogP contribution is 2.26. The predicted octanol–water partition coefficient (Wildman–Crippen LogP) is 3.66. The first-order chi connectivity index (χ1) is 6.92. The van der Waals surface area contributed by atoms with Crippen LogP contribution in [0.25, 0.3) is 0 Å². The lowest BCUT2D eigenvalue weighted by molar-refractivity contribution is -0.274. The molecule has 1 atom stereocenters. The molecule has 0 aliphatic rings. The molecule has 0 saturated carbocycles. The van der Waals surface area contributed by atoms with Gasteiger partial charge in [-0.15, -0.1) is 13.2 Å². The molecule has 0 aromatic heterocycles. The lowest BCUT2D eigenvalue weighted by Crippen LogP contribution is -2.17. The average molecular weight is 222 g/mol. The van der Waals surface area contributed by atoms with E-state index in [1.54, 1.807) is 13.0 Å². The third-order valence-corrected chi connectivity index (χ3v) is 1.89. The van der Waals surface area contributed by atoms with Crippen LogP contribution in [0.2, 0.25) is 0 Å². The van der Waals surface area contributed by atoms with Crippen molar-refractivity contribution in [3.8, 4) is 5.75 Å². The summed E-state index contributed by atoms with van der Waals surface area (Å²) >= 11 is 0. The Morgan fingerprint density at radius 1 is 1.33 bits per heavy atom. The van der Waals surface area contributed by atoms with Crippen molar-refractivity contribution >= 4 is 0 Å². The van der Waals surface area contributed by atoms with Crippen molar-refractivity contribution in [2.24, 2.45) is 0 Å². The highest BCUT2D eigenvalue weighted by Gasteiger charge is 2.31. The minimum Gasteiger partial charge on any atom is -0.406 e. The fraction of sp³-hybridized carbons (Fsp3) is 0.400. The fourth-order valence-electron chi connectivity index (χ4n) is 1.11. The molecule has 1 rings (SSSR count). The van der Waals surface area contributed by atoms with E-state index in [0.29, 0.717) is 5.56 Å². The fourth-order valence-corrected chi connectivity index (χ4v) is 1.11. The third kappa shape index (κ3) is 3.77. The van der Waals surface area contributed by atoms with Crippen LogP contribution in [-0.4, -0.2) is 13.0 Å². The standard InChI is InChI=1S/C10H10F4O/c1-7(6-11)8-3-2-4-9(5-8)15-10(12,13)14/h2-5,7H,6H2,1H3. The van der Waals surface area contributed by atoms with E-state index >= 15 is 0 Å². The first-order valence-corrected chi connectivity index (χ1v) is 4.34. The van der Waals surface area contributed by atoms with E-state index in [-0.39, 0.29) is 5.75 Å². The van der Waals surface area contributed by atoms with E-state index in [4.69, 9.17) is 0 Å². The molecule has 0 heterocycles. The Morgan fingerprint density at radius 3 is 2.53 bits per heavy atom. The van der Waals surface area contributed by atoms with Crippen molar-refractivity contribution in [2.75, 3.05) is 6.67 Å². The second-order valence-electron chi connectivity index (χ2n) is 3.18. The van der Waals surface area contributed by atoms with Gasteiger partial charge in [0.25, 0.3) is 0 Å². The molecule has 0 radical (unpaired) electrons. The normalized spacial score (nSPS) is 13.7. The second-order valence-corrected chi connectivity index (χ2v) is 3.18. The summed E-state index contributed by atoms with van der Waals surface area (Å²) in [7, 11) is 0. The monoisotopic (exact) mass is 222 g/mol. The Labute approximate surface area is 84.7 Å².